The Morgan fingerprint density at radius 1 is 1.19 bits per heavy atom. The predicted molar refractivity (Wildman–Crippen MR) is 62.2 cm³/mol. The van der Waals surface area contributed by atoms with Gasteiger partial charge in [-0.1, -0.05) is 6.07 Å². The normalized spacial score (nSPS) is 10.8. The second-order valence-corrected chi connectivity index (χ2v) is 3.58. The van der Waals surface area contributed by atoms with E-state index in [1.54, 1.807) is 18.5 Å². The van der Waals surface area contributed by atoms with E-state index in [1.165, 1.54) is 0 Å². The van der Waals surface area contributed by atoms with Crippen molar-refractivity contribution in [3.8, 4) is 11.1 Å². The Kier molecular flexibility index (Phi) is 1.86. The van der Waals surface area contributed by atoms with Crippen LogP contribution in [0.15, 0.2) is 47.5 Å². The fourth-order valence-electron chi connectivity index (χ4n) is 1.76. The maximum Gasteiger partial charge on any atom is 0.255 e. The Morgan fingerprint density at radius 3 is 3.00 bits per heavy atom. The highest BCUT2D eigenvalue weighted by Crippen LogP contribution is 2.20. The standard InChI is InChI=1S/C12H9N3O/c16-12-10(2-1-5-13-12)8-3-4-11-9(6-8)7-14-15-11/h1-7H,(H,13,16)(H,14,15). The van der Waals surface area contributed by atoms with Crippen LogP contribution in [0.25, 0.3) is 22.0 Å². The first kappa shape index (κ1) is 8.91. The molecular formula is C12H9N3O. The molecule has 4 heteroatoms. The van der Waals surface area contributed by atoms with E-state index < -0.39 is 0 Å². The SMILES string of the molecule is O=c1[nH]cccc1-c1ccc2[nH]ncc2c1. The Labute approximate surface area is 90.9 Å². The van der Waals surface area contributed by atoms with Crippen LogP contribution in [0, 0.1) is 0 Å². The van der Waals surface area contributed by atoms with Crippen LogP contribution < -0.4 is 5.56 Å². The molecular weight excluding hydrogens is 202 g/mol. The molecule has 78 valence electrons. The Morgan fingerprint density at radius 2 is 2.12 bits per heavy atom. The molecule has 2 aromatic heterocycles. The van der Waals surface area contributed by atoms with Crippen LogP contribution in [0.1, 0.15) is 0 Å². The van der Waals surface area contributed by atoms with Crippen LogP contribution in [-0.4, -0.2) is 15.2 Å². The lowest BCUT2D eigenvalue weighted by Gasteiger charge is -1.99. The van der Waals surface area contributed by atoms with E-state index >= 15 is 0 Å². The summed E-state index contributed by atoms with van der Waals surface area (Å²) < 4.78 is 0. The summed E-state index contributed by atoms with van der Waals surface area (Å²) in [6.45, 7) is 0. The highest BCUT2D eigenvalue weighted by Gasteiger charge is 2.03. The molecule has 0 spiro atoms. The average Bonchev–Trinajstić information content (AvgIpc) is 2.76. The molecule has 16 heavy (non-hydrogen) atoms. The van der Waals surface area contributed by atoms with Gasteiger partial charge in [-0.2, -0.15) is 5.10 Å². The third-order valence-corrected chi connectivity index (χ3v) is 2.57. The van der Waals surface area contributed by atoms with Crippen molar-refractivity contribution in [3.05, 3.63) is 53.1 Å². The highest BCUT2D eigenvalue weighted by atomic mass is 16.1. The van der Waals surface area contributed by atoms with Crippen molar-refractivity contribution in [1.29, 1.82) is 0 Å². The van der Waals surface area contributed by atoms with Crippen LogP contribution in [0.3, 0.4) is 0 Å². The number of nitrogens with one attached hydrogen (secondary N) is 2. The van der Waals surface area contributed by atoms with Crippen molar-refractivity contribution in [2.45, 2.75) is 0 Å². The summed E-state index contributed by atoms with van der Waals surface area (Å²) in [5.41, 5.74) is 2.46. The number of H-pyrrole nitrogens is 2. The van der Waals surface area contributed by atoms with Crippen LogP contribution >= 0.6 is 0 Å². The van der Waals surface area contributed by atoms with Crippen LogP contribution in [0.2, 0.25) is 0 Å². The largest absolute Gasteiger partial charge is 0.329 e. The average molecular weight is 211 g/mol. The predicted octanol–water partition coefficient (Wildman–Crippen LogP) is 1.92. The topological polar surface area (TPSA) is 61.5 Å². The molecule has 1 aromatic carbocycles. The molecule has 0 saturated heterocycles. The lowest BCUT2D eigenvalue weighted by Crippen LogP contribution is -2.06. The van der Waals surface area contributed by atoms with Crippen molar-refractivity contribution in [3.63, 3.8) is 0 Å². The van der Waals surface area contributed by atoms with Gasteiger partial charge in [0, 0.05) is 17.1 Å². The molecule has 0 atom stereocenters. The number of fused-ring (bicyclic) bond motifs is 1. The quantitative estimate of drug-likeness (QED) is 0.646. The zero-order valence-corrected chi connectivity index (χ0v) is 8.40. The molecule has 0 aliphatic rings. The van der Waals surface area contributed by atoms with Crippen molar-refractivity contribution >= 4 is 10.9 Å². The summed E-state index contributed by atoms with van der Waals surface area (Å²) in [5, 5.41) is 7.83. The number of hydrogen-bond acceptors (Lipinski definition) is 2. The minimum Gasteiger partial charge on any atom is -0.329 e. The number of nitrogens with zero attached hydrogens (tertiary/aromatic N) is 1. The van der Waals surface area contributed by atoms with E-state index in [4.69, 9.17) is 0 Å². The number of hydrogen-bond donors (Lipinski definition) is 2. The first-order valence-electron chi connectivity index (χ1n) is 4.96. The van der Waals surface area contributed by atoms with E-state index in [2.05, 4.69) is 15.2 Å². The molecule has 2 N–H and O–H groups in total. The van der Waals surface area contributed by atoms with Gasteiger partial charge in [0.25, 0.3) is 5.56 Å². The summed E-state index contributed by atoms with van der Waals surface area (Å²) in [5.74, 6) is 0. The molecule has 0 aliphatic heterocycles. The summed E-state index contributed by atoms with van der Waals surface area (Å²) in [4.78, 5) is 14.3. The maximum atomic E-state index is 11.6. The van der Waals surface area contributed by atoms with Gasteiger partial charge in [-0.3, -0.25) is 9.89 Å². The fourth-order valence-corrected chi connectivity index (χ4v) is 1.76. The molecule has 2 heterocycles. The van der Waals surface area contributed by atoms with Crippen molar-refractivity contribution in [2.24, 2.45) is 0 Å². The molecule has 0 fully saturated rings. The van der Waals surface area contributed by atoms with Gasteiger partial charge in [0.2, 0.25) is 0 Å². The highest BCUT2D eigenvalue weighted by molar-refractivity contribution is 5.83. The Hall–Kier alpha value is -2.36. The minimum atomic E-state index is -0.0784. The molecule has 4 nitrogen and oxygen atoms in total. The van der Waals surface area contributed by atoms with Gasteiger partial charge in [0.05, 0.1) is 11.7 Å². The van der Waals surface area contributed by atoms with Crippen LogP contribution in [0.4, 0.5) is 0 Å². The molecule has 0 bridgehead atoms. The van der Waals surface area contributed by atoms with Gasteiger partial charge >= 0.3 is 0 Å². The summed E-state index contributed by atoms with van der Waals surface area (Å²) >= 11 is 0. The molecule has 0 radical (unpaired) electrons. The zero-order valence-electron chi connectivity index (χ0n) is 8.40. The van der Waals surface area contributed by atoms with E-state index in [0.29, 0.717) is 5.56 Å². The van der Waals surface area contributed by atoms with E-state index in [9.17, 15) is 4.79 Å². The molecule has 0 saturated carbocycles. The van der Waals surface area contributed by atoms with Crippen molar-refractivity contribution < 1.29 is 0 Å². The maximum absolute atomic E-state index is 11.6. The van der Waals surface area contributed by atoms with E-state index in [1.807, 2.05) is 24.3 Å². The van der Waals surface area contributed by atoms with Gasteiger partial charge in [-0.15, -0.1) is 0 Å². The first-order valence-corrected chi connectivity index (χ1v) is 4.96. The first-order chi connectivity index (χ1) is 7.84. The Balaban J connectivity index is 2.26. The molecule has 0 unspecified atom stereocenters. The van der Waals surface area contributed by atoms with E-state index in [0.717, 1.165) is 16.5 Å². The van der Waals surface area contributed by atoms with Crippen molar-refractivity contribution in [1.82, 2.24) is 15.2 Å². The smallest absolute Gasteiger partial charge is 0.255 e. The summed E-state index contributed by atoms with van der Waals surface area (Å²) in [7, 11) is 0. The third-order valence-electron chi connectivity index (χ3n) is 2.57. The zero-order chi connectivity index (χ0) is 11.0. The lowest BCUT2D eigenvalue weighted by molar-refractivity contribution is 1.12. The number of pyridine rings is 1. The lowest BCUT2D eigenvalue weighted by atomic mass is 10.1. The number of aromatic amines is 2. The van der Waals surface area contributed by atoms with Crippen molar-refractivity contribution in [2.75, 3.05) is 0 Å². The second-order valence-electron chi connectivity index (χ2n) is 3.58. The monoisotopic (exact) mass is 211 g/mol. The molecule has 3 aromatic rings. The van der Waals surface area contributed by atoms with Gasteiger partial charge in [0.1, 0.15) is 0 Å². The molecule has 3 rings (SSSR count). The van der Waals surface area contributed by atoms with Gasteiger partial charge < -0.3 is 4.98 Å². The summed E-state index contributed by atoms with van der Waals surface area (Å²) in [6.07, 6.45) is 3.37. The third kappa shape index (κ3) is 1.32. The minimum absolute atomic E-state index is 0.0784. The molecule has 0 amide bonds. The second kappa shape index (κ2) is 3.34. The van der Waals surface area contributed by atoms with Gasteiger partial charge in [0.15, 0.2) is 0 Å². The van der Waals surface area contributed by atoms with Gasteiger partial charge in [-0.05, 0) is 29.8 Å². The molecule has 0 aliphatic carbocycles. The van der Waals surface area contributed by atoms with Crippen LogP contribution in [0.5, 0.6) is 0 Å². The van der Waals surface area contributed by atoms with E-state index in [-0.39, 0.29) is 5.56 Å². The summed E-state index contributed by atoms with van der Waals surface area (Å²) in [6, 6.07) is 9.40. The number of benzene rings is 1. The van der Waals surface area contributed by atoms with Crippen LogP contribution in [-0.2, 0) is 0 Å². The van der Waals surface area contributed by atoms with Gasteiger partial charge in [-0.25, -0.2) is 0 Å². The Bertz CT molecular complexity index is 696. The number of aromatic nitrogens is 3. The fraction of sp³-hybridized carbons (Fsp3) is 0. The number of rotatable bonds is 1.